The van der Waals surface area contributed by atoms with Crippen molar-refractivity contribution < 1.29 is 14.0 Å². The van der Waals surface area contributed by atoms with Crippen molar-refractivity contribution in [3.63, 3.8) is 0 Å². The Morgan fingerprint density at radius 3 is 2.88 bits per heavy atom. The van der Waals surface area contributed by atoms with Gasteiger partial charge in [0.05, 0.1) is 12.2 Å². The number of hydrogen-bond acceptors (Lipinski definition) is 4. The fourth-order valence-electron chi connectivity index (χ4n) is 2.52. The van der Waals surface area contributed by atoms with Crippen LogP contribution in [0.4, 0.5) is 4.39 Å². The number of carbonyl (C=O) groups excluding carboxylic acids is 1. The summed E-state index contributed by atoms with van der Waals surface area (Å²) in [5.74, 6) is -0.607. The summed E-state index contributed by atoms with van der Waals surface area (Å²) in [5, 5.41) is 0.758. The van der Waals surface area contributed by atoms with E-state index in [9.17, 15) is 9.18 Å². The third-order valence-corrected chi connectivity index (χ3v) is 5.44. The molecule has 3 aromatic rings. The third-order valence-electron chi connectivity index (χ3n) is 3.67. The monoisotopic (exact) mass is 470 g/mol. The molecule has 0 radical (unpaired) electrons. The van der Waals surface area contributed by atoms with E-state index in [1.807, 2.05) is 25.1 Å². The highest BCUT2D eigenvalue weighted by molar-refractivity contribution is 14.1. The van der Waals surface area contributed by atoms with Crippen LogP contribution in [0.25, 0.3) is 10.2 Å². The maximum atomic E-state index is 14.3. The van der Waals surface area contributed by atoms with Crippen LogP contribution in [-0.2, 0) is 11.3 Å². The second kappa shape index (κ2) is 7.76. The Labute approximate surface area is 162 Å². The van der Waals surface area contributed by atoms with Crippen LogP contribution in [0.15, 0.2) is 30.3 Å². The van der Waals surface area contributed by atoms with Crippen molar-refractivity contribution >= 4 is 50.1 Å². The van der Waals surface area contributed by atoms with E-state index in [4.69, 9.17) is 4.84 Å². The van der Waals surface area contributed by atoms with E-state index < -0.39 is 0 Å². The van der Waals surface area contributed by atoms with Gasteiger partial charge in [0, 0.05) is 25.9 Å². The zero-order valence-corrected chi connectivity index (χ0v) is 16.7. The quantitative estimate of drug-likeness (QED) is 0.438. The Morgan fingerprint density at radius 2 is 2.16 bits per heavy atom. The fourth-order valence-corrected chi connectivity index (χ4v) is 4.21. The minimum Gasteiger partial charge on any atom is -0.274 e. The standard InChI is InChI=1S/C18H16FIN2O2S/c1-3-24-22-17(23)16-13-7-4-10(2)21-18(13)25-15(16)8-11-5-6-12(20)9-14(11)19/h4-7,9H,3,8H2,1-2H3,(H,22,23). The molecule has 0 saturated carbocycles. The number of amides is 1. The van der Waals surface area contributed by atoms with Crippen LogP contribution >= 0.6 is 33.9 Å². The van der Waals surface area contributed by atoms with Gasteiger partial charge in [0.2, 0.25) is 0 Å². The highest BCUT2D eigenvalue weighted by atomic mass is 127. The maximum absolute atomic E-state index is 14.3. The molecule has 0 unspecified atom stereocenters. The number of fused-ring (bicyclic) bond motifs is 1. The lowest BCUT2D eigenvalue weighted by Crippen LogP contribution is -2.24. The summed E-state index contributed by atoms with van der Waals surface area (Å²) in [6.45, 7) is 4.06. The van der Waals surface area contributed by atoms with Crippen molar-refractivity contribution in [2.45, 2.75) is 20.3 Å². The molecule has 130 valence electrons. The lowest BCUT2D eigenvalue weighted by atomic mass is 10.1. The Bertz CT molecular complexity index is 942. The second-order valence-corrected chi connectivity index (χ2v) is 7.81. The van der Waals surface area contributed by atoms with Crippen LogP contribution < -0.4 is 5.48 Å². The molecule has 1 amide bonds. The topological polar surface area (TPSA) is 51.2 Å². The summed E-state index contributed by atoms with van der Waals surface area (Å²) in [5.41, 5.74) is 4.36. The molecule has 0 atom stereocenters. The first-order chi connectivity index (χ1) is 12.0. The van der Waals surface area contributed by atoms with Gasteiger partial charge in [-0.25, -0.2) is 14.9 Å². The number of nitrogens with zero attached hydrogens (tertiary/aromatic N) is 1. The summed E-state index contributed by atoms with van der Waals surface area (Å²) in [6.07, 6.45) is 0.331. The molecule has 0 saturated heterocycles. The summed E-state index contributed by atoms with van der Waals surface area (Å²) < 4.78 is 15.1. The van der Waals surface area contributed by atoms with E-state index in [-0.39, 0.29) is 11.7 Å². The van der Waals surface area contributed by atoms with Crippen molar-refractivity contribution in [3.8, 4) is 0 Å². The van der Waals surface area contributed by atoms with Gasteiger partial charge < -0.3 is 0 Å². The molecule has 2 heterocycles. The summed E-state index contributed by atoms with van der Waals surface area (Å²) in [6, 6.07) is 8.84. The molecule has 0 spiro atoms. The highest BCUT2D eigenvalue weighted by Gasteiger charge is 2.21. The van der Waals surface area contributed by atoms with Crippen molar-refractivity contribution in [2.75, 3.05) is 6.61 Å². The number of hydroxylamine groups is 1. The lowest BCUT2D eigenvalue weighted by Gasteiger charge is -2.07. The number of carbonyl (C=O) groups is 1. The molecule has 0 aliphatic rings. The molecule has 2 aromatic heterocycles. The summed E-state index contributed by atoms with van der Waals surface area (Å²) in [4.78, 5) is 23.6. The minimum atomic E-state index is -0.334. The third kappa shape index (κ3) is 3.99. The smallest absolute Gasteiger partial charge is 0.274 e. The SMILES string of the molecule is CCONC(=O)c1c(Cc2ccc(I)cc2F)sc2nc(C)ccc12. The minimum absolute atomic E-state index is 0.273. The first-order valence-electron chi connectivity index (χ1n) is 7.74. The Morgan fingerprint density at radius 1 is 1.36 bits per heavy atom. The van der Waals surface area contributed by atoms with Gasteiger partial charge in [0.25, 0.3) is 5.91 Å². The number of benzene rings is 1. The van der Waals surface area contributed by atoms with Crippen LogP contribution in [0.5, 0.6) is 0 Å². The normalized spacial score (nSPS) is 11.0. The number of rotatable bonds is 5. The van der Waals surface area contributed by atoms with Crippen LogP contribution in [0.3, 0.4) is 0 Å². The van der Waals surface area contributed by atoms with Gasteiger partial charge in [-0.2, -0.15) is 0 Å². The van der Waals surface area contributed by atoms with Gasteiger partial charge in [0.15, 0.2) is 0 Å². The average Bonchev–Trinajstić information content (AvgIpc) is 2.92. The van der Waals surface area contributed by atoms with Crippen LogP contribution in [-0.4, -0.2) is 17.5 Å². The first kappa shape index (κ1) is 18.2. The number of aromatic nitrogens is 1. The molecule has 1 N–H and O–H groups in total. The number of halogens is 2. The van der Waals surface area contributed by atoms with Gasteiger partial charge in [-0.15, -0.1) is 11.3 Å². The molecule has 3 rings (SSSR count). The fraction of sp³-hybridized carbons (Fsp3) is 0.222. The first-order valence-corrected chi connectivity index (χ1v) is 9.64. The van der Waals surface area contributed by atoms with Gasteiger partial charge in [0.1, 0.15) is 10.6 Å². The highest BCUT2D eigenvalue weighted by Crippen LogP contribution is 2.32. The lowest BCUT2D eigenvalue weighted by molar-refractivity contribution is 0.0366. The van der Waals surface area contributed by atoms with E-state index in [2.05, 4.69) is 33.1 Å². The van der Waals surface area contributed by atoms with Crippen molar-refractivity contribution in [1.29, 1.82) is 0 Å². The second-order valence-electron chi connectivity index (χ2n) is 5.48. The van der Waals surface area contributed by atoms with E-state index in [1.54, 1.807) is 13.0 Å². The van der Waals surface area contributed by atoms with Crippen molar-refractivity contribution in [3.05, 3.63) is 61.4 Å². The van der Waals surface area contributed by atoms with Gasteiger partial charge in [-0.05, 0) is 66.3 Å². The van der Waals surface area contributed by atoms with Gasteiger partial charge in [-0.1, -0.05) is 6.07 Å². The summed E-state index contributed by atoms with van der Waals surface area (Å²) >= 11 is 3.48. The molecular formula is C18H16FIN2O2S. The maximum Gasteiger partial charge on any atom is 0.276 e. The molecule has 0 fully saturated rings. The Hall–Kier alpha value is -1.58. The van der Waals surface area contributed by atoms with E-state index in [1.165, 1.54) is 17.4 Å². The molecule has 0 bridgehead atoms. The number of nitrogens with one attached hydrogen (secondary N) is 1. The van der Waals surface area contributed by atoms with Gasteiger partial charge >= 0.3 is 0 Å². The number of aryl methyl sites for hydroxylation is 1. The van der Waals surface area contributed by atoms with Crippen LogP contribution in [0, 0.1) is 16.3 Å². The molecule has 0 aliphatic heterocycles. The molecule has 4 nitrogen and oxygen atoms in total. The average molecular weight is 470 g/mol. The number of pyridine rings is 1. The molecular weight excluding hydrogens is 454 g/mol. The van der Waals surface area contributed by atoms with Crippen molar-refractivity contribution in [1.82, 2.24) is 10.5 Å². The van der Waals surface area contributed by atoms with E-state index in [0.717, 1.165) is 24.4 Å². The molecule has 25 heavy (non-hydrogen) atoms. The van der Waals surface area contributed by atoms with E-state index in [0.29, 0.717) is 24.2 Å². The van der Waals surface area contributed by atoms with Crippen molar-refractivity contribution in [2.24, 2.45) is 0 Å². The predicted molar refractivity (Wildman–Crippen MR) is 105 cm³/mol. The molecule has 1 aromatic carbocycles. The molecule has 0 aliphatic carbocycles. The Balaban J connectivity index is 2.07. The van der Waals surface area contributed by atoms with E-state index >= 15 is 0 Å². The zero-order chi connectivity index (χ0) is 18.0. The largest absolute Gasteiger partial charge is 0.276 e. The number of thiophene rings is 1. The van der Waals surface area contributed by atoms with Crippen LogP contribution in [0.1, 0.15) is 33.4 Å². The predicted octanol–water partition coefficient (Wildman–Crippen LogP) is 4.62. The van der Waals surface area contributed by atoms with Gasteiger partial charge in [-0.3, -0.25) is 9.63 Å². The van der Waals surface area contributed by atoms with Crippen LogP contribution in [0.2, 0.25) is 0 Å². The molecule has 7 heteroatoms. The number of hydrogen-bond donors (Lipinski definition) is 1. The summed E-state index contributed by atoms with van der Waals surface area (Å²) in [7, 11) is 0. The zero-order valence-electron chi connectivity index (χ0n) is 13.7. The Kier molecular flexibility index (Phi) is 5.65.